The second-order valence-electron chi connectivity index (χ2n) is 7.14. The minimum atomic E-state index is 0. The van der Waals surface area contributed by atoms with Gasteiger partial charge in [-0.15, -0.1) is 24.0 Å². The van der Waals surface area contributed by atoms with E-state index in [9.17, 15) is 0 Å². The lowest BCUT2D eigenvalue weighted by Gasteiger charge is -2.37. The molecule has 4 heteroatoms. The summed E-state index contributed by atoms with van der Waals surface area (Å²) in [5.74, 6) is 1.58. The Morgan fingerprint density at radius 2 is 1.73 bits per heavy atom. The Kier molecular flexibility index (Phi) is 6.71. The summed E-state index contributed by atoms with van der Waals surface area (Å²) >= 11 is 0. The summed E-state index contributed by atoms with van der Waals surface area (Å²) in [4.78, 5) is 9.03. The number of hydrogen-bond acceptors (Lipinski definition) is 1. The minimum Gasteiger partial charge on any atom is -0.349 e. The number of halogens is 1. The molecule has 0 heterocycles. The SMILES string of the molecule is CN(C)C(=NCC1CCC(C)(C)c2ccccc21)N(C)C.I. The lowest BCUT2D eigenvalue weighted by molar-refractivity contribution is 0.392. The van der Waals surface area contributed by atoms with Gasteiger partial charge >= 0.3 is 0 Å². The Morgan fingerprint density at radius 3 is 2.32 bits per heavy atom. The van der Waals surface area contributed by atoms with E-state index in [4.69, 9.17) is 4.99 Å². The van der Waals surface area contributed by atoms with Crippen molar-refractivity contribution in [3.8, 4) is 0 Å². The maximum absolute atomic E-state index is 4.86. The van der Waals surface area contributed by atoms with Gasteiger partial charge in [0.15, 0.2) is 5.96 Å². The fourth-order valence-electron chi connectivity index (χ4n) is 3.36. The molecule has 1 aromatic rings. The van der Waals surface area contributed by atoms with Crippen LogP contribution in [0.1, 0.15) is 43.7 Å². The summed E-state index contributed by atoms with van der Waals surface area (Å²) in [5, 5.41) is 0. The molecule has 0 saturated heterocycles. The van der Waals surface area contributed by atoms with Crippen LogP contribution in [-0.4, -0.2) is 50.5 Å². The van der Waals surface area contributed by atoms with Crippen LogP contribution in [0.4, 0.5) is 0 Å². The molecule has 3 nitrogen and oxygen atoms in total. The zero-order chi connectivity index (χ0) is 15.6. The van der Waals surface area contributed by atoms with Gasteiger partial charge in [-0.2, -0.15) is 0 Å². The Labute approximate surface area is 152 Å². The molecule has 0 spiro atoms. The van der Waals surface area contributed by atoms with Gasteiger partial charge in [0, 0.05) is 40.7 Å². The van der Waals surface area contributed by atoms with Crippen molar-refractivity contribution in [3.05, 3.63) is 35.4 Å². The van der Waals surface area contributed by atoms with Crippen LogP contribution < -0.4 is 0 Å². The number of nitrogens with zero attached hydrogens (tertiary/aromatic N) is 3. The molecule has 1 aromatic carbocycles. The summed E-state index contributed by atoms with van der Waals surface area (Å²) in [5.41, 5.74) is 3.30. The Bertz CT molecular complexity index is 511. The number of rotatable bonds is 2. The Balaban J connectivity index is 0.00000242. The van der Waals surface area contributed by atoms with Gasteiger partial charge in [0.2, 0.25) is 0 Å². The summed E-state index contributed by atoms with van der Waals surface area (Å²) in [6.45, 7) is 5.59. The molecular weight excluding hydrogens is 385 g/mol. The van der Waals surface area contributed by atoms with Crippen molar-refractivity contribution >= 4 is 29.9 Å². The normalized spacial score (nSPS) is 18.7. The first kappa shape index (κ1) is 19.3. The van der Waals surface area contributed by atoms with E-state index in [2.05, 4.69) is 76.1 Å². The van der Waals surface area contributed by atoms with E-state index in [0.717, 1.165) is 12.5 Å². The van der Waals surface area contributed by atoms with Gasteiger partial charge in [-0.1, -0.05) is 38.1 Å². The van der Waals surface area contributed by atoms with Crippen molar-refractivity contribution in [1.29, 1.82) is 0 Å². The van der Waals surface area contributed by atoms with Crippen LogP contribution in [0.2, 0.25) is 0 Å². The molecule has 1 atom stereocenters. The molecular formula is C18H30IN3. The van der Waals surface area contributed by atoms with Crippen molar-refractivity contribution in [2.24, 2.45) is 4.99 Å². The predicted molar refractivity (Wildman–Crippen MR) is 107 cm³/mol. The average Bonchev–Trinajstić information content (AvgIpc) is 2.41. The largest absolute Gasteiger partial charge is 0.349 e. The van der Waals surface area contributed by atoms with Crippen LogP contribution in [0.25, 0.3) is 0 Å². The molecule has 0 saturated carbocycles. The third kappa shape index (κ3) is 4.15. The number of guanidine groups is 1. The van der Waals surface area contributed by atoms with Crippen molar-refractivity contribution in [1.82, 2.24) is 9.80 Å². The van der Waals surface area contributed by atoms with Crippen molar-refractivity contribution in [2.75, 3.05) is 34.7 Å². The molecule has 0 radical (unpaired) electrons. The zero-order valence-corrected chi connectivity index (χ0v) is 17.1. The molecule has 0 bridgehead atoms. The van der Waals surface area contributed by atoms with Crippen molar-refractivity contribution < 1.29 is 0 Å². The predicted octanol–water partition coefficient (Wildman–Crippen LogP) is 3.94. The highest BCUT2D eigenvalue weighted by Gasteiger charge is 2.32. The topological polar surface area (TPSA) is 18.8 Å². The van der Waals surface area contributed by atoms with Crippen LogP contribution >= 0.6 is 24.0 Å². The van der Waals surface area contributed by atoms with Crippen molar-refractivity contribution in [2.45, 2.75) is 38.0 Å². The number of benzene rings is 1. The lowest BCUT2D eigenvalue weighted by atomic mass is 9.69. The van der Waals surface area contributed by atoms with Gasteiger partial charge in [-0.25, -0.2) is 0 Å². The number of fused-ring (bicyclic) bond motifs is 1. The number of aliphatic imine (C=N–C) groups is 1. The average molecular weight is 415 g/mol. The fourth-order valence-corrected chi connectivity index (χ4v) is 3.36. The first-order valence-corrected chi connectivity index (χ1v) is 7.81. The van der Waals surface area contributed by atoms with Gasteiger partial charge in [-0.05, 0) is 29.4 Å². The van der Waals surface area contributed by atoms with E-state index in [1.807, 2.05) is 0 Å². The van der Waals surface area contributed by atoms with E-state index >= 15 is 0 Å². The van der Waals surface area contributed by atoms with Crippen LogP contribution in [0.5, 0.6) is 0 Å². The lowest BCUT2D eigenvalue weighted by Crippen LogP contribution is -2.36. The van der Waals surface area contributed by atoms with E-state index in [-0.39, 0.29) is 24.0 Å². The molecule has 22 heavy (non-hydrogen) atoms. The Morgan fingerprint density at radius 1 is 1.14 bits per heavy atom. The summed E-state index contributed by atoms with van der Waals surface area (Å²) < 4.78 is 0. The first-order valence-electron chi connectivity index (χ1n) is 7.81. The summed E-state index contributed by atoms with van der Waals surface area (Å²) in [6, 6.07) is 8.92. The van der Waals surface area contributed by atoms with Crippen LogP contribution in [0, 0.1) is 0 Å². The summed E-state index contributed by atoms with van der Waals surface area (Å²) in [7, 11) is 8.21. The molecule has 1 aliphatic carbocycles. The maximum Gasteiger partial charge on any atom is 0.195 e. The Hall–Kier alpha value is -0.780. The molecule has 124 valence electrons. The molecule has 0 amide bonds. The summed E-state index contributed by atoms with van der Waals surface area (Å²) in [6.07, 6.45) is 2.46. The smallest absolute Gasteiger partial charge is 0.195 e. The third-order valence-corrected chi connectivity index (χ3v) is 4.50. The van der Waals surface area contributed by atoms with Crippen molar-refractivity contribution in [3.63, 3.8) is 0 Å². The van der Waals surface area contributed by atoms with E-state index in [0.29, 0.717) is 11.3 Å². The standard InChI is InChI=1S/C18H29N3.HI/c1-18(2)12-11-14(15-9-7-8-10-16(15)18)13-19-17(20(3)4)21(5)6;/h7-10,14H,11-13H2,1-6H3;1H. The highest BCUT2D eigenvalue weighted by atomic mass is 127. The second kappa shape index (κ2) is 7.66. The van der Waals surface area contributed by atoms with Crippen LogP contribution in [0.3, 0.4) is 0 Å². The zero-order valence-electron chi connectivity index (χ0n) is 14.8. The molecule has 2 rings (SSSR count). The van der Waals surface area contributed by atoms with Gasteiger partial charge in [-0.3, -0.25) is 4.99 Å². The van der Waals surface area contributed by atoms with Gasteiger partial charge in [0.1, 0.15) is 0 Å². The van der Waals surface area contributed by atoms with E-state index in [1.54, 1.807) is 0 Å². The second-order valence-corrected chi connectivity index (χ2v) is 7.14. The highest BCUT2D eigenvalue weighted by molar-refractivity contribution is 14.0. The molecule has 0 N–H and O–H groups in total. The molecule has 0 aliphatic heterocycles. The third-order valence-electron chi connectivity index (χ3n) is 4.50. The quantitative estimate of drug-likeness (QED) is 0.414. The van der Waals surface area contributed by atoms with Crippen LogP contribution in [-0.2, 0) is 5.41 Å². The van der Waals surface area contributed by atoms with Gasteiger partial charge in [0.25, 0.3) is 0 Å². The molecule has 1 aliphatic rings. The maximum atomic E-state index is 4.86. The van der Waals surface area contributed by atoms with Gasteiger partial charge in [0.05, 0.1) is 0 Å². The molecule has 0 fully saturated rings. The molecule has 1 unspecified atom stereocenters. The number of hydrogen-bond donors (Lipinski definition) is 0. The van der Waals surface area contributed by atoms with E-state index < -0.39 is 0 Å². The molecule has 0 aromatic heterocycles. The fraction of sp³-hybridized carbons (Fsp3) is 0.611. The first-order chi connectivity index (χ1) is 9.83. The highest BCUT2D eigenvalue weighted by Crippen LogP contribution is 2.42. The monoisotopic (exact) mass is 415 g/mol. The minimum absolute atomic E-state index is 0. The van der Waals surface area contributed by atoms with Gasteiger partial charge < -0.3 is 9.80 Å². The van der Waals surface area contributed by atoms with E-state index in [1.165, 1.54) is 24.0 Å². The van der Waals surface area contributed by atoms with Crippen LogP contribution in [0.15, 0.2) is 29.3 Å².